The molecule has 0 amide bonds. The van der Waals surface area contributed by atoms with Crippen LogP contribution in [0.4, 0.5) is 0 Å². The topological polar surface area (TPSA) is 42.3 Å². The van der Waals surface area contributed by atoms with Crippen LogP contribution >= 0.6 is 0 Å². The minimum absolute atomic E-state index is 0.285. The lowest BCUT2D eigenvalue weighted by molar-refractivity contribution is 0.0224. The summed E-state index contributed by atoms with van der Waals surface area (Å²) in [6, 6.07) is 2.60. The standard InChI is InChI=1S/C18H32N4O/c1-15-12-17(3)22(20-15)13-16(2)19-18(6-4-5-7-18)14-21-8-10-23-11-9-21/h12,16,19H,4-11,13-14H2,1-3H3/t16-/m1/s1. The average molecular weight is 320 g/mol. The minimum Gasteiger partial charge on any atom is -0.379 e. The van der Waals surface area contributed by atoms with Crippen molar-refractivity contribution in [3.8, 4) is 0 Å². The minimum atomic E-state index is 0.285. The number of morpholine rings is 1. The number of ether oxygens (including phenoxy) is 1. The molecule has 2 fully saturated rings. The zero-order valence-electron chi connectivity index (χ0n) is 15.0. The van der Waals surface area contributed by atoms with Gasteiger partial charge >= 0.3 is 0 Å². The predicted molar refractivity (Wildman–Crippen MR) is 92.8 cm³/mol. The van der Waals surface area contributed by atoms with Crippen molar-refractivity contribution in [3.63, 3.8) is 0 Å². The summed E-state index contributed by atoms with van der Waals surface area (Å²) in [5.74, 6) is 0. The van der Waals surface area contributed by atoms with E-state index in [9.17, 15) is 0 Å². The van der Waals surface area contributed by atoms with Crippen molar-refractivity contribution in [3.05, 3.63) is 17.5 Å². The van der Waals surface area contributed by atoms with Gasteiger partial charge in [-0.25, -0.2) is 0 Å². The number of rotatable bonds is 6. The van der Waals surface area contributed by atoms with Gasteiger partial charge in [-0.3, -0.25) is 9.58 Å². The molecule has 5 heteroatoms. The van der Waals surface area contributed by atoms with E-state index in [0.717, 1.165) is 45.1 Å². The Labute approximate surface area is 140 Å². The molecule has 1 saturated heterocycles. The van der Waals surface area contributed by atoms with E-state index >= 15 is 0 Å². The van der Waals surface area contributed by atoms with Gasteiger partial charge in [0.1, 0.15) is 0 Å². The number of aryl methyl sites for hydroxylation is 2. The number of hydrogen-bond acceptors (Lipinski definition) is 4. The Morgan fingerprint density at radius 2 is 1.96 bits per heavy atom. The fraction of sp³-hybridized carbons (Fsp3) is 0.833. The summed E-state index contributed by atoms with van der Waals surface area (Å²) in [5, 5.41) is 8.59. The summed E-state index contributed by atoms with van der Waals surface area (Å²) < 4.78 is 7.64. The molecule has 1 aromatic rings. The molecule has 1 saturated carbocycles. The summed E-state index contributed by atoms with van der Waals surface area (Å²) in [4.78, 5) is 2.58. The van der Waals surface area contributed by atoms with Crippen molar-refractivity contribution in [2.24, 2.45) is 0 Å². The van der Waals surface area contributed by atoms with Gasteiger partial charge in [-0.2, -0.15) is 5.10 Å². The molecule has 1 aliphatic heterocycles. The van der Waals surface area contributed by atoms with Gasteiger partial charge < -0.3 is 10.1 Å². The lowest BCUT2D eigenvalue weighted by atomic mass is 9.95. The number of aromatic nitrogens is 2. The van der Waals surface area contributed by atoms with Gasteiger partial charge in [-0.15, -0.1) is 0 Å². The number of nitrogens with zero attached hydrogens (tertiary/aromatic N) is 3. The molecule has 130 valence electrons. The van der Waals surface area contributed by atoms with Crippen LogP contribution in [0.25, 0.3) is 0 Å². The van der Waals surface area contributed by atoms with Crippen LogP contribution in [0.15, 0.2) is 6.07 Å². The molecule has 0 unspecified atom stereocenters. The van der Waals surface area contributed by atoms with E-state index in [1.54, 1.807) is 0 Å². The molecular formula is C18H32N4O. The largest absolute Gasteiger partial charge is 0.379 e. The second-order valence-corrected chi connectivity index (χ2v) is 7.53. The normalized spacial score (nSPS) is 23.3. The molecule has 1 aromatic heterocycles. The maximum atomic E-state index is 5.50. The molecule has 0 bridgehead atoms. The summed E-state index contributed by atoms with van der Waals surface area (Å²) in [6.07, 6.45) is 5.30. The summed E-state index contributed by atoms with van der Waals surface area (Å²) in [6.45, 7) is 12.6. The molecule has 0 aromatic carbocycles. The van der Waals surface area contributed by atoms with Crippen LogP contribution in [-0.2, 0) is 11.3 Å². The van der Waals surface area contributed by atoms with Crippen molar-refractivity contribution < 1.29 is 4.74 Å². The Morgan fingerprint density at radius 3 is 2.57 bits per heavy atom. The van der Waals surface area contributed by atoms with Gasteiger partial charge in [0.25, 0.3) is 0 Å². The van der Waals surface area contributed by atoms with Crippen LogP contribution in [0.1, 0.15) is 44.0 Å². The smallest absolute Gasteiger partial charge is 0.0596 e. The Balaban J connectivity index is 1.60. The maximum absolute atomic E-state index is 5.50. The van der Waals surface area contributed by atoms with E-state index in [1.807, 2.05) is 0 Å². The second-order valence-electron chi connectivity index (χ2n) is 7.53. The van der Waals surface area contributed by atoms with Gasteiger partial charge in [-0.1, -0.05) is 12.8 Å². The zero-order valence-corrected chi connectivity index (χ0v) is 15.0. The quantitative estimate of drug-likeness (QED) is 0.872. The first-order valence-corrected chi connectivity index (χ1v) is 9.15. The van der Waals surface area contributed by atoms with Gasteiger partial charge in [0.2, 0.25) is 0 Å². The van der Waals surface area contributed by atoms with E-state index in [1.165, 1.54) is 31.4 Å². The third-order valence-electron chi connectivity index (χ3n) is 5.29. The Kier molecular flexibility index (Phi) is 5.39. The fourth-order valence-corrected chi connectivity index (χ4v) is 4.27. The highest BCUT2D eigenvalue weighted by Crippen LogP contribution is 2.31. The van der Waals surface area contributed by atoms with Crippen LogP contribution in [0.3, 0.4) is 0 Å². The maximum Gasteiger partial charge on any atom is 0.0596 e. The molecule has 23 heavy (non-hydrogen) atoms. The van der Waals surface area contributed by atoms with Gasteiger partial charge in [-0.05, 0) is 39.7 Å². The molecule has 1 aliphatic carbocycles. The summed E-state index contributed by atoms with van der Waals surface area (Å²) in [7, 11) is 0. The zero-order chi connectivity index (χ0) is 16.3. The van der Waals surface area contributed by atoms with E-state index in [-0.39, 0.29) is 5.54 Å². The molecular weight excluding hydrogens is 288 g/mol. The van der Waals surface area contributed by atoms with Crippen molar-refractivity contribution in [2.75, 3.05) is 32.8 Å². The fourth-order valence-electron chi connectivity index (χ4n) is 4.27. The van der Waals surface area contributed by atoms with Gasteiger partial charge in [0, 0.05) is 36.9 Å². The molecule has 1 atom stereocenters. The van der Waals surface area contributed by atoms with Crippen molar-refractivity contribution in [1.82, 2.24) is 20.0 Å². The van der Waals surface area contributed by atoms with E-state index in [0.29, 0.717) is 6.04 Å². The van der Waals surface area contributed by atoms with E-state index in [2.05, 4.69) is 46.8 Å². The first-order chi connectivity index (χ1) is 11.1. The molecule has 1 N–H and O–H groups in total. The second kappa shape index (κ2) is 7.32. The third kappa shape index (κ3) is 4.34. The van der Waals surface area contributed by atoms with Crippen LogP contribution in [0.2, 0.25) is 0 Å². The highest BCUT2D eigenvalue weighted by molar-refractivity contribution is 5.07. The molecule has 0 radical (unpaired) electrons. The third-order valence-corrected chi connectivity index (χ3v) is 5.29. The number of hydrogen-bond donors (Lipinski definition) is 1. The van der Waals surface area contributed by atoms with Crippen LogP contribution in [-0.4, -0.2) is 59.1 Å². The predicted octanol–water partition coefficient (Wildman–Crippen LogP) is 2.12. The lowest BCUT2D eigenvalue weighted by Gasteiger charge is -2.39. The SMILES string of the molecule is Cc1cc(C)n(C[C@@H](C)NC2(CN3CCOCC3)CCCC2)n1. The molecule has 2 heterocycles. The lowest BCUT2D eigenvalue weighted by Crippen LogP contribution is -2.57. The van der Waals surface area contributed by atoms with Crippen LogP contribution < -0.4 is 5.32 Å². The monoisotopic (exact) mass is 320 g/mol. The van der Waals surface area contributed by atoms with Crippen molar-refractivity contribution in [2.45, 2.75) is 64.6 Å². The van der Waals surface area contributed by atoms with E-state index < -0.39 is 0 Å². The highest BCUT2D eigenvalue weighted by Gasteiger charge is 2.36. The molecule has 0 spiro atoms. The molecule has 2 aliphatic rings. The molecule has 5 nitrogen and oxygen atoms in total. The van der Waals surface area contributed by atoms with Crippen molar-refractivity contribution >= 4 is 0 Å². The van der Waals surface area contributed by atoms with Gasteiger partial charge in [0.15, 0.2) is 0 Å². The van der Waals surface area contributed by atoms with Crippen molar-refractivity contribution in [1.29, 1.82) is 0 Å². The summed E-state index contributed by atoms with van der Waals surface area (Å²) in [5.41, 5.74) is 2.65. The number of nitrogens with one attached hydrogen (secondary N) is 1. The first kappa shape index (κ1) is 16.9. The average Bonchev–Trinajstić information content (AvgIpc) is 3.07. The van der Waals surface area contributed by atoms with Crippen LogP contribution in [0.5, 0.6) is 0 Å². The van der Waals surface area contributed by atoms with E-state index in [4.69, 9.17) is 4.74 Å². The highest BCUT2D eigenvalue weighted by atomic mass is 16.5. The molecule has 3 rings (SSSR count). The summed E-state index contributed by atoms with van der Waals surface area (Å²) >= 11 is 0. The Morgan fingerprint density at radius 1 is 1.26 bits per heavy atom. The van der Waals surface area contributed by atoms with Crippen LogP contribution in [0, 0.1) is 13.8 Å². The Bertz CT molecular complexity index is 501. The Hall–Kier alpha value is -0.910. The first-order valence-electron chi connectivity index (χ1n) is 9.15. The van der Waals surface area contributed by atoms with Gasteiger partial charge in [0.05, 0.1) is 25.5 Å².